The normalized spacial score (nSPS) is 12.2. The zero-order chi connectivity index (χ0) is 7.65. The zero-order valence-electron chi connectivity index (χ0n) is 5.12. The van der Waals surface area contributed by atoms with Gasteiger partial charge in [-0.2, -0.15) is 8.78 Å². The Kier molecular flexibility index (Phi) is 2.55. The van der Waals surface area contributed by atoms with E-state index in [0.717, 1.165) is 0 Å². The van der Waals surface area contributed by atoms with Crippen molar-refractivity contribution >= 4 is 16.8 Å². The molecule has 1 nitrogen and oxygen atoms in total. The van der Waals surface area contributed by atoms with E-state index < -0.39 is 17.1 Å². The summed E-state index contributed by atoms with van der Waals surface area (Å²) in [4.78, 5) is 9.92. The van der Waals surface area contributed by atoms with Crippen molar-refractivity contribution in [2.45, 2.75) is 19.8 Å². The van der Waals surface area contributed by atoms with E-state index in [2.05, 4.69) is 11.6 Å². The second kappa shape index (κ2) is 2.60. The van der Waals surface area contributed by atoms with Crippen LogP contribution in [0.3, 0.4) is 0 Å². The molecule has 0 aromatic rings. The van der Waals surface area contributed by atoms with Gasteiger partial charge in [0.05, 0.1) is 0 Å². The number of hydrogen-bond acceptors (Lipinski definition) is 1. The Balaban J connectivity index is 4.19. The van der Waals surface area contributed by atoms with Crippen LogP contribution in [0.15, 0.2) is 0 Å². The van der Waals surface area contributed by atoms with Gasteiger partial charge in [0.25, 0.3) is 5.24 Å². The Morgan fingerprint density at radius 1 is 1.56 bits per heavy atom. The van der Waals surface area contributed by atoms with Gasteiger partial charge in [-0.3, -0.25) is 4.79 Å². The van der Waals surface area contributed by atoms with Crippen molar-refractivity contribution in [3.05, 3.63) is 0 Å². The van der Waals surface area contributed by atoms with Gasteiger partial charge in [-0.05, 0) is 11.6 Å². The lowest BCUT2D eigenvalue weighted by molar-refractivity contribution is -0.139. The molecular formula is C5H7ClF2O. The van der Waals surface area contributed by atoms with E-state index in [9.17, 15) is 13.6 Å². The molecule has 0 heterocycles. The third-order valence-corrected chi connectivity index (χ3v) is 1.24. The number of alkyl halides is 2. The number of hydrogen-bond donors (Lipinski definition) is 0. The Morgan fingerprint density at radius 3 is 1.89 bits per heavy atom. The largest absolute Gasteiger partial charge is 0.322 e. The number of carbonyl (C=O) groups is 1. The highest BCUT2D eigenvalue weighted by Gasteiger charge is 2.40. The maximum absolute atomic E-state index is 12.2. The van der Waals surface area contributed by atoms with E-state index in [1.807, 2.05) is 0 Å². The highest BCUT2D eigenvalue weighted by atomic mass is 35.5. The van der Waals surface area contributed by atoms with Gasteiger partial charge >= 0.3 is 5.92 Å². The smallest absolute Gasteiger partial charge is 0.274 e. The minimum absolute atomic E-state index is 1.03. The molecule has 9 heavy (non-hydrogen) atoms. The third kappa shape index (κ3) is 1.90. The topological polar surface area (TPSA) is 17.1 Å². The van der Waals surface area contributed by atoms with Crippen molar-refractivity contribution in [1.82, 2.24) is 0 Å². The summed E-state index contributed by atoms with van der Waals surface area (Å²) in [7, 11) is 0. The van der Waals surface area contributed by atoms with Crippen LogP contribution in [0.2, 0.25) is 0 Å². The van der Waals surface area contributed by atoms with Gasteiger partial charge in [0.2, 0.25) is 0 Å². The monoisotopic (exact) mass is 156 g/mol. The van der Waals surface area contributed by atoms with Crippen LogP contribution in [0.25, 0.3) is 0 Å². The molecule has 0 spiro atoms. The maximum Gasteiger partial charge on any atom is 0.322 e. The summed E-state index contributed by atoms with van der Waals surface area (Å²) in [5, 5.41) is -1.59. The average Bonchev–Trinajstić information content (AvgIpc) is 1.65. The van der Waals surface area contributed by atoms with Gasteiger partial charge in [0.1, 0.15) is 0 Å². The highest BCUT2D eigenvalue weighted by Crippen LogP contribution is 2.26. The lowest BCUT2D eigenvalue weighted by atomic mass is 10.1. The van der Waals surface area contributed by atoms with E-state index >= 15 is 0 Å². The van der Waals surface area contributed by atoms with Gasteiger partial charge in [-0.15, -0.1) is 0 Å². The first-order valence-electron chi connectivity index (χ1n) is 2.46. The predicted octanol–water partition coefficient (Wildman–Crippen LogP) is 2.04. The summed E-state index contributed by atoms with van der Waals surface area (Å²) < 4.78 is 24.4. The fraction of sp³-hybridized carbons (Fsp3) is 0.800. The molecule has 0 amide bonds. The van der Waals surface area contributed by atoms with Crippen molar-refractivity contribution < 1.29 is 13.6 Å². The van der Waals surface area contributed by atoms with Crippen molar-refractivity contribution in [2.75, 3.05) is 0 Å². The molecule has 0 N–H and O–H groups in total. The molecule has 0 saturated heterocycles. The minimum atomic E-state index is -3.37. The quantitative estimate of drug-likeness (QED) is 0.560. The second-order valence-electron chi connectivity index (χ2n) is 2.05. The predicted molar refractivity (Wildman–Crippen MR) is 30.6 cm³/mol. The molecule has 0 aliphatic rings. The van der Waals surface area contributed by atoms with Gasteiger partial charge in [-0.25, -0.2) is 0 Å². The molecule has 0 rings (SSSR count). The average molecular weight is 157 g/mol. The molecule has 0 aromatic carbocycles. The summed E-state index contributed by atoms with van der Waals surface area (Å²) >= 11 is 4.58. The van der Waals surface area contributed by atoms with Crippen LogP contribution in [0.1, 0.15) is 13.8 Å². The van der Waals surface area contributed by atoms with E-state index in [1.165, 1.54) is 13.8 Å². The number of halogens is 3. The van der Waals surface area contributed by atoms with Crippen molar-refractivity contribution in [1.29, 1.82) is 0 Å². The Morgan fingerprint density at radius 2 is 1.89 bits per heavy atom. The fourth-order valence-electron chi connectivity index (χ4n) is 0.227. The van der Waals surface area contributed by atoms with Crippen LogP contribution in [0, 0.1) is 5.92 Å². The molecule has 0 saturated carbocycles. The molecule has 0 radical (unpaired) electrons. The molecule has 54 valence electrons. The first-order valence-corrected chi connectivity index (χ1v) is 2.84. The lowest BCUT2D eigenvalue weighted by Gasteiger charge is -2.14. The summed E-state index contributed by atoms with van der Waals surface area (Å²) in [6, 6.07) is 0. The molecular weight excluding hydrogens is 150 g/mol. The molecule has 0 fully saturated rings. The van der Waals surface area contributed by atoms with Gasteiger partial charge in [0, 0.05) is 5.92 Å². The standard InChI is InChI=1S/C5H7ClF2O/c1-3(2)5(7,8)4(6)9/h3H,1-2H3. The van der Waals surface area contributed by atoms with Gasteiger partial charge < -0.3 is 0 Å². The van der Waals surface area contributed by atoms with Crippen LogP contribution >= 0.6 is 11.6 Å². The fourth-order valence-corrected chi connectivity index (χ4v) is 0.445. The third-order valence-electron chi connectivity index (χ3n) is 0.987. The van der Waals surface area contributed by atoms with Crippen molar-refractivity contribution in [3.8, 4) is 0 Å². The van der Waals surface area contributed by atoms with E-state index in [4.69, 9.17) is 0 Å². The van der Waals surface area contributed by atoms with Crippen LogP contribution in [0.4, 0.5) is 8.78 Å². The van der Waals surface area contributed by atoms with E-state index in [1.54, 1.807) is 0 Å². The molecule has 0 unspecified atom stereocenters. The molecule has 0 atom stereocenters. The summed E-state index contributed by atoms with van der Waals surface area (Å²) in [6.07, 6.45) is 0. The Hall–Kier alpha value is -0.180. The van der Waals surface area contributed by atoms with E-state index in [0.29, 0.717) is 0 Å². The first kappa shape index (κ1) is 8.82. The summed E-state index contributed by atoms with van der Waals surface area (Å²) in [6.45, 7) is 2.47. The SMILES string of the molecule is CC(C)C(F)(F)C(=O)Cl. The Labute approximate surface area is 57.0 Å². The minimum Gasteiger partial charge on any atom is -0.274 e. The zero-order valence-corrected chi connectivity index (χ0v) is 5.88. The molecule has 0 aromatic heterocycles. The first-order chi connectivity index (χ1) is 3.89. The highest BCUT2D eigenvalue weighted by molar-refractivity contribution is 6.65. The molecule has 4 heteroatoms. The number of carbonyl (C=O) groups excluding carboxylic acids is 1. The summed E-state index contributed by atoms with van der Waals surface area (Å²) in [5.41, 5.74) is 0. The maximum atomic E-state index is 12.2. The van der Waals surface area contributed by atoms with Crippen molar-refractivity contribution in [3.63, 3.8) is 0 Å². The van der Waals surface area contributed by atoms with Crippen LogP contribution in [0.5, 0.6) is 0 Å². The van der Waals surface area contributed by atoms with E-state index in [-0.39, 0.29) is 0 Å². The number of rotatable bonds is 2. The van der Waals surface area contributed by atoms with Crippen molar-refractivity contribution in [2.24, 2.45) is 5.92 Å². The summed E-state index contributed by atoms with van der Waals surface area (Å²) in [5.74, 6) is -4.40. The second-order valence-corrected chi connectivity index (χ2v) is 2.39. The van der Waals surface area contributed by atoms with Crippen LogP contribution in [-0.4, -0.2) is 11.2 Å². The van der Waals surface area contributed by atoms with Crippen LogP contribution in [-0.2, 0) is 4.79 Å². The Bertz CT molecular complexity index is 122. The molecule has 0 aliphatic heterocycles. The van der Waals surface area contributed by atoms with Gasteiger partial charge in [-0.1, -0.05) is 13.8 Å². The van der Waals surface area contributed by atoms with Gasteiger partial charge in [0.15, 0.2) is 0 Å². The molecule has 0 aliphatic carbocycles. The lowest BCUT2D eigenvalue weighted by Crippen LogP contribution is -2.30. The molecule has 0 bridgehead atoms. The van der Waals surface area contributed by atoms with Crippen LogP contribution < -0.4 is 0 Å².